The Kier molecular flexibility index (Phi) is 6.78. The molecule has 0 spiro atoms. The summed E-state index contributed by atoms with van der Waals surface area (Å²) in [6.45, 7) is 3.57. The molecule has 0 saturated carbocycles. The molecule has 3 aliphatic rings. The molecule has 10 heteroatoms. The first kappa shape index (κ1) is 22.7. The SMILES string of the molecule is CN1CCN(c2ccc(N3C[C@H](CNC(=O)C4=CC(Cl)=CCC4=S)OC3=O)cc2F)CC1. The van der Waals surface area contributed by atoms with Crippen molar-refractivity contribution in [2.24, 2.45) is 0 Å². The fraction of sp³-hybridized carbons (Fsp3) is 0.409. The summed E-state index contributed by atoms with van der Waals surface area (Å²) in [6.07, 6.45) is 2.58. The molecule has 2 amide bonds. The summed E-state index contributed by atoms with van der Waals surface area (Å²) in [4.78, 5) is 30.9. The van der Waals surface area contributed by atoms with E-state index in [9.17, 15) is 14.0 Å². The van der Waals surface area contributed by atoms with E-state index < -0.39 is 12.2 Å². The summed E-state index contributed by atoms with van der Waals surface area (Å²) < 4.78 is 20.2. The largest absolute Gasteiger partial charge is 0.442 e. The summed E-state index contributed by atoms with van der Waals surface area (Å²) in [5.41, 5.74) is 1.30. The molecule has 1 aromatic rings. The van der Waals surface area contributed by atoms with Crippen molar-refractivity contribution in [3.63, 3.8) is 0 Å². The van der Waals surface area contributed by atoms with E-state index >= 15 is 0 Å². The van der Waals surface area contributed by atoms with Gasteiger partial charge in [0.1, 0.15) is 11.9 Å². The molecule has 7 nitrogen and oxygen atoms in total. The van der Waals surface area contributed by atoms with Gasteiger partial charge in [-0.15, -0.1) is 0 Å². The third kappa shape index (κ3) is 4.95. The lowest BCUT2D eigenvalue weighted by atomic mass is 10.0. The number of hydrogen-bond acceptors (Lipinski definition) is 6. The zero-order chi connectivity index (χ0) is 22.8. The van der Waals surface area contributed by atoms with Crippen molar-refractivity contribution in [1.29, 1.82) is 0 Å². The van der Waals surface area contributed by atoms with Crippen molar-refractivity contribution in [1.82, 2.24) is 10.2 Å². The monoisotopic (exact) mass is 478 g/mol. The third-order valence-electron chi connectivity index (χ3n) is 5.76. The number of hydrogen-bond donors (Lipinski definition) is 1. The number of rotatable bonds is 5. The number of cyclic esters (lactones) is 1. The van der Waals surface area contributed by atoms with Crippen molar-refractivity contribution in [2.75, 3.05) is 56.1 Å². The average Bonchev–Trinajstić information content (AvgIpc) is 3.15. The molecule has 1 atom stereocenters. The molecule has 2 saturated heterocycles. The first-order valence-electron chi connectivity index (χ1n) is 10.4. The maximum atomic E-state index is 14.8. The highest BCUT2D eigenvalue weighted by atomic mass is 35.5. The Labute approximate surface area is 196 Å². The van der Waals surface area contributed by atoms with E-state index in [0.717, 1.165) is 26.2 Å². The number of benzene rings is 1. The van der Waals surface area contributed by atoms with Gasteiger partial charge < -0.3 is 19.9 Å². The fourth-order valence-corrected chi connectivity index (χ4v) is 4.30. The molecule has 2 aliphatic heterocycles. The molecule has 0 aromatic heterocycles. The van der Waals surface area contributed by atoms with Crippen LogP contribution in [0.4, 0.5) is 20.6 Å². The van der Waals surface area contributed by atoms with Gasteiger partial charge in [-0.3, -0.25) is 9.69 Å². The van der Waals surface area contributed by atoms with E-state index in [2.05, 4.69) is 10.2 Å². The number of nitrogens with one attached hydrogen (secondary N) is 1. The maximum Gasteiger partial charge on any atom is 0.414 e. The number of carbonyl (C=O) groups is 2. The van der Waals surface area contributed by atoms with Crippen LogP contribution in [-0.2, 0) is 9.53 Å². The molecule has 2 heterocycles. The lowest BCUT2D eigenvalue weighted by Gasteiger charge is -2.34. The number of halogens is 2. The first-order chi connectivity index (χ1) is 15.3. The summed E-state index contributed by atoms with van der Waals surface area (Å²) in [5, 5.41) is 3.20. The van der Waals surface area contributed by atoms with Gasteiger partial charge in [0.15, 0.2) is 0 Å². The predicted octanol–water partition coefficient (Wildman–Crippen LogP) is 2.84. The van der Waals surface area contributed by atoms with Crippen LogP contribution in [-0.4, -0.2) is 74.2 Å². The second-order valence-electron chi connectivity index (χ2n) is 8.03. The highest BCUT2D eigenvalue weighted by molar-refractivity contribution is 7.81. The van der Waals surface area contributed by atoms with Crippen LogP contribution in [0.15, 0.2) is 41.0 Å². The minimum atomic E-state index is -0.575. The first-order valence-corrected chi connectivity index (χ1v) is 11.2. The van der Waals surface area contributed by atoms with Crippen LogP contribution in [0.1, 0.15) is 6.42 Å². The molecule has 0 unspecified atom stereocenters. The molecule has 4 rings (SSSR count). The number of piperazine rings is 1. The average molecular weight is 479 g/mol. The molecule has 0 bridgehead atoms. The zero-order valence-corrected chi connectivity index (χ0v) is 19.2. The van der Waals surface area contributed by atoms with Gasteiger partial charge in [0.05, 0.1) is 30.0 Å². The lowest BCUT2D eigenvalue weighted by Crippen LogP contribution is -2.44. The van der Waals surface area contributed by atoms with Gasteiger partial charge in [-0.2, -0.15) is 0 Å². The van der Waals surface area contributed by atoms with E-state index in [1.165, 1.54) is 17.0 Å². The predicted molar refractivity (Wildman–Crippen MR) is 126 cm³/mol. The minimum absolute atomic E-state index is 0.115. The zero-order valence-electron chi connectivity index (χ0n) is 17.6. The number of amides is 2. The number of carbonyl (C=O) groups excluding carboxylic acids is 2. The van der Waals surface area contributed by atoms with Gasteiger partial charge in [-0.05, 0) is 31.3 Å². The molecule has 1 aromatic carbocycles. The van der Waals surface area contributed by atoms with Crippen molar-refractivity contribution in [2.45, 2.75) is 12.5 Å². The normalized spacial score (nSPS) is 21.9. The van der Waals surface area contributed by atoms with Gasteiger partial charge in [0.25, 0.3) is 5.91 Å². The number of ether oxygens (including phenoxy) is 1. The Balaban J connectivity index is 1.36. The van der Waals surface area contributed by atoms with Crippen LogP contribution in [0.3, 0.4) is 0 Å². The van der Waals surface area contributed by atoms with Crippen LogP contribution in [0.25, 0.3) is 0 Å². The van der Waals surface area contributed by atoms with E-state index in [4.69, 9.17) is 28.6 Å². The Bertz CT molecular complexity index is 1010. The van der Waals surface area contributed by atoms with Crippen LogP contribution in [0, 0.1) is 5.82 Å². The second kappa shape index (κ2) is 9.56. The van der Waals surface area contributed by atoms with E-state index in [0.29, 0.717) is 33.3 Å². The van der Waals surface area contributed by atoms with E-state index in [1.807, 2.05) is 11.9 Å². The number of anilines is 2. The van der Waals surface area contributed by atoms with E-state index in [-0.39, 0.29) is 24.8 Å². The van der Waals surface area contributed by atoms with Crippen molar-refractivity contribution >= 4 is 52.1 Å². The molecule has 32 heavy (non-hydrogen) atoms. The molecule has 1 N–H and O–H groups in total. The van der Waals surface area contributed by atoms with Crippen LogP contribution >= 0.6 is 23.8 Å². The van der Waals surface area contributed by atoms with Crippen LogP contribution in [0.2, 0.25) is 0 Å². The minimum Gasteiger partial charge on any atom is -0.442 e. The Morgan fingerprint density at radius 3 is 2.78 bits per heavy atom. The Morgan fingerprint density at radius 2 is 2.06 bits per heavy atom. The molecule has 0 radical (unpaired) electrons. The third-order valence-corrected chi connectivity index (χ3v) is 6.41. The van der Waals surface area contributed by atoms with Gasteiger partial charge in [-0.1, -0.05) is 29.9 Å². The van der Waals surface area contributed by atoms with Crippen LogP contribution in [0.5, 0.6) is 0 Å². The fourth-order valence-electron chi connectivity index (χ4n) is 3.88. The van der Waals surface area contributed by atoms with Crippen molar-refractivity contribution in [3.05, 3.63) is 46.8 Å². The maximum absolute atomic E-state index is 14.8. The van der Waals surface area contributed by atoms with Crippen LogP contribution < -0.4 is 15.1 Å². The van der Waals surface area contributed by atoms with Gasteiger partial charge in [-0.25, -0.2) is 9.18 Å². The van der Waals surface area contributed by atoms with Gasteiger partial charge in [0.2, 0.25) is 0 Å². The Hall–Kier alpha value is -2.49. The standard InChI is InChI=1S/C22H24ClFN4O3S/c1-26-6-8-27(9-7-26)19-4-3-15(11-18(19)24)28-13-16(31-22(28)30)12-25-21(29)17-10-14(23)2-5-20(17)32/h2-4,10-11,16H,5-9,12-13H2,1H3,(H,25,29)/t16-/m0/s1. The lowest BCUT2D eigenvalue weighted by molar-refractivity contribution is -0.117. The molecule has 170 valence electrons. The summed E-state index contributed by atoms with van der Waals surface area (Å²) >= 11 is 11.2. The molecule has 2 fully saturated rings. The topological polar surface area (TPSA) is 65.1 Å². The summed E-state index contributed by atoms with van der Waals surface area (Å²) in [5.74, 6) is -0.738. The number of likely N-dealkylation sites (N-methyl/N-ethyl adjacent to an activating group) is 1. The number of allylic oxidation sites excluding steroid dienone is 3. The molecule has 1 aliphatic carbocycles. The molecular weight excluding hydrogens is 455 g/mol. The highest BCUT2D eigenvalue weighted by Crippen LogP contribution is 2.28. The summed E-state index contributed by atoms with van der Waals surface area (Å²) in [7, 11) is 2.04. The van der Waals surface area contributed by atoms with E-state index in [1.54, 1.807) is 18.2 Å². The van der Waals surface area contributed by atoms with Gasteiger partial charge >= 0.3 is 6.09 Å². The van der Waals surface area contributed by atoms with Crippen molar-refractivity contribution < 1.29 is 18.7 Å². The number of thiocarbonyl (C=S) groups is 1. The second-order valence-corrected chi connectivity index (χ2v) is 8.96. The van der Waals surface area contributed by atoms with Crippen molar-refractivity contribution in [3.8, 4) is 0 Å². The summed E-state index contributed by atoms with van der Waals surface area (Å²) in [6, 6.07) is 4.78. The van der Waals surface area contributed by atoms with Gasteiger partial charge in [0, 0.05) is 42.5 Å². The quantitative estimate of drug-likeness (QED) is 0.656. The smallest absolute Gasteiger partial charge is 0.414 e. The Morgan fingerprint density at radius 1 is 1.31 bits per heavy atom. The highest BCUT2D eigenvalue weighted by Gasteiger charge is 2.33. The molecular formula is C22H24ClFN4O3S. The number of nitrogens with zero attached hydrogens (tertiary/aromatic N) is 3.